The third-order valence-electron chi connectivity index (χ3n) is 4.01. The second-order valence-corrected chi connectivity index (χ2v) is 9.44. The molecule has 0 amide bonds. The summed E-state index contributed by atoms with van der Waals surface area (Å²) in [4.78, 5) is 11.6. The first-order valence-corrected chi connectivity index (χ1v) is 8.95. The maximum atomic E-state index is 14.0. The Balaban J connectivity index is 2.50. The van der Waals surface area contributed by atoms with Crippen molar-refractivity contribution in [2.24, 2.45) is 0 Å². The number of sulfonamides is 1. The molecule has 1 heterocycles. The fraction of sp³-hybridized carbons (Fsp3) is 0.562. The lowest BCUT2D eigenvalue weighted by molar-refractivity contribution is 0.0600. The van der Waals surface area contributed by atoms with E-state index in [1.54, 1.807) is 0 Å². The minimum Gasteiger partial charge on any atom is -0.465 e. The Morgan fingerprint density at radius 2 is 1.92 bits per heavy atom. The van der Waals surface area contributed by atoms with Gasteiger partial charge in [-0.1, -0.05) is 0 Å². The van der Waals surface area contributed by atoms with Crippen LogP contribution in [0.5, 0.6) is 0 Å². The Morgan fingerprint density at radius 3 is 2.46 bits per heavy atom. The number of hydrogen-bond donors (Lipinski definition) is 0. The molecule has 2 rings (SSSR count). The van der Waals surface area contributed by atoms with Crippen LogP contribution in [0.15, 0.2) is 18.2 Å². The van der Waals surface area contributed by atoms with E-state index in [0.717, 1.165) is 23.5 Å². The summed E-state index contributed by atoms with van der Waals surface area (Å²) in [6, 6.07) is 2.62. The van der Waals surface area contributed by atoms with Crippen molar-refractivity contribution < 1.29 is 26.7 Å². The molecule has 1 aliphatic heterocycles. The summed E-state index contributed by atoms with van der Waals surface area (Å²) in [7, 11) is -2.64. The quantitative estimate of drug-likeness (QED) is 0.777. The van der Waals surface area contributed by atoms with Crippen molar-refractivity contribution in [2.45, 2.75) is 44.2 Å². The predicted molar refractivity (Wildman–Crippen MR) is 85.4 cm³/mol. The molecule has 0 unspecified atom stereocenters. The molecule has 0 aliphatic carbocycles. The van der Waals surface area contributed by atoms with Gasteiger partial charge in [-0.15, -0.1) is 0 Å². The zero-order valence-corrected chi connectivity index (χ0v) is 14.9. The molecule has 1 aromatic carbocycles. The first kappa shape index (κ1) is 18.8. The van der Waals surface area contributed by atoms with Gasteiger partial charge in [-0.3, -0.25) is 0 Å². The van der Waals surface area contributed by atoms with Crippen molar-refractivity contribution in [3.63, 3.8) is 0 Å². The number of halogens is 2. The van der Waals surface area contributed by atoms with Gasteiger partial charge >= 0.3 is 5.97 Å². The van der Waals surface area contributed by atoms with Gasteiger partial charge in [0.2, 0.25) is 10.0 Å². The van der Waals surface area contributed by atoms with Crippen molar-refractivity contribution in [3.05, 3.63) is 35.1 Å². The van der Waals surface area contributed by atoms with Crippen LogP contribution >= 0.6 is 0 Å². The van der Waals surface area contributed by atoms with E-state index in [9.17, 15) is 22.0 Å². The first-order valence-electron chi connectivity index (χ1n) is 7.51. The van der Waals surface area contributed by atoms with Crippen LogP contribution in [-0.4, -0.2) is 43.3 Å². The Bertz CT molecular complexity index is 743. The van der Waals surface area contributed by atoms with Gasteiger partial charge in [0, 0.05) is 13.0 Å². The van der Waals surface area contributed by atoms with Crippen LogP contribution in [0.2, 0.25) is 0 Å². The van der Waals surface area contributed by atoms with Crippen LogP contribution in [0.25, 0.3) is 0 Å². The first-order chi connectivity index (χ1) is 11.0. The second-order valence-electron chi connectivity index (χ2n) is 6.80. The van der Waals surface area contributed by atoms with Gasteiger partial charge in [0.15, 0.2) is 0 Å². The molecular weight excluding hydrogens is 340 g/mol. The maximum absolute atomic E-state index is 14.0. The van der Waals surface area contributed by atoms with Crippen LogP contribution in [-0.2, 0) is 14.8 Å². The normalized spacial score (nSPS) is 22.6. The van der Waals surface area contributed by atoms with Gasteiger partial charge in [-0.25, -0.2) is 22.0 Å². The molecule has 1 aliphatic rings. The predicted octanol–water partition coefficient (Wildman–Crippen LogP) is 2.83. The van der Waals surface area contributed by atoms with Gasteiger partial charge in [-0.2, -0.15) is 4.31 Å². The van der Waals surface area contributed by atoms with E-state index >= 15 is 0 Å². The topological polar surface area (TPSA) is 63.7 Å². The molecule has 1 fully saturated rings. The number of alkyl halides is 1. The summed E-state index contributed by atoms with van der Waals surface area (Å²) in [5, 5.41) is 0. The fourth-order valence-electron chi connectivity index (χ4n) is 2.72. The zero-order chi connectivity index (χ0) is 18.3. The van der Waals surface area contributed by atoms with Crippen molar-refractivity contribution in [3.8, 4) is 0 Å². The minimum atomic E-state index is -3.80. The molecule has 0 bridgehead atoms. The summed E-state index contributed by atoms with van der Waals surface area (Å²) < 4.78 is 57.8. The number of carbonyl (C=O) groups is 1. The average Bonchev–Trinajstić information content (AvgIpc) is 2.87. The highest BCUT2D eigenvalue weighted by atomic mass is 32.2. The molecule has 0 radical (unpaired) electrons. The zero-order valence-electron chi connectivity index (χ0n) is 14.0. The van der Waals surface area contributed by atoms with Gasteiger partial charge in [0.05, 0.1) is 23.5 Å². The lowest BCUT2D eigenvalue weighted by Crippen LogP contribution is -2.43. The second kappa shape index (κ2) is 6.40. The van der Waals surface area contributed by atoms with Crippen LogP contribution in [0.1, 0.15) is 49.2 Å². The average molecular weight is 361 g/mol. The van der Waals surface area contributed by atoms with E-state index < -0.39 is 38.8 Å². The SMILES string of the molecule is COC(=O)c1cc(F)cc([C@H]2C[C@H](F)CN2S(=O)(=O)C(C)(C)C)c1. The van der Waals surface area contributed by atoms with E-state index in [-0.39, 0.29) is 24.1 Å². The van der Waals surface area contributed by atoms with E-state index in [0.29, 0.717) is 0 Å². The molecule has 0 aromatic heterocycles. The Kier molecular flexibility index (Phi) is 5.01. The van der Waals surface area contributed by atoms with Crippen molar-refractivity contribution in [1.29, 1.82) is 0 Å². The van der Waals surface area contributed by atoms with Crippen molar-refractivity contribution in [2.75, 3.05) is 13.7 Å². The number of hydrogen-bond acceptors (Lipinski definition) is 4. The standard InChI is InChI=1S/C16H21F2NO4S/c1-16(2,3)24(21,22)19-9-13(18)8-14(19)10-5-11(15(20)23-4)7-12(17)6-10/h5-7,13-14H,8-9H2,1-4H3/t13-,14+/m0/s1. The number of methoxy groups -OCH3 is 1. The number of benzene rings is 1. The third kappa shape index (κ3) is 3.44. The number of carbonyl (C=O) groups excluding carboxylic acids is 1. The Labute approximate surface area is 140 Å². The monoisotopic (exact) mass is 361 g/mol. The van der Waals surface area contributed by atoms with Crippen LogP contribution < -0.4 is 0 Å². The molecule has 134 valence electrons. The number of ether oxygens (including phenoxy) is 1. The summed E-state index contributed by atoms with van der Waals surface area (Å²) in [6.07, 6.45) is -1.43. The molecule has 2 atom stereocenters. The maximum Gasteiger partial charge on any atom is 0.337 e. The Morgan fingerprint density at radius 1 is 1.29 bits per heavy atom. The molecule has 5 nitrogen and oxygen atoms in total. The van der Waals surface area contributed by atoms with E-state index in [2.05, 4.69) is 4.74 Å². The third-order valence-corrected chi connectivity index (χ3v) is 6.58. The van der Waals surface area contributed by atoms with Gasteiger partial charge in [0.25, 0.3) is 0 Å². The van der Waals surface area contributed by atoms with Crippen molar-refractivity contribution in [1.82, 2.24) is 4.31 Å². The van der Waals surface area contributed by atoms with Gasteiger partial charge < -0.3 is 4.74 Å². The number of nitrogens with zero attached hydrogens (tertiary/aromatic N) is 1. The number of rotatable bonds is 3. The lowest BCUT2D eigenvalue weighted by atomic mass is 10.0. The highest BCUT2D eigenvalue weighted by Crippen LogP contribution is 2.39. The number of esters is 1. The largest absolute Gasteiger partial charge is 0.465 e. The molecule has 0 spiro atoms. The highest BCUT2D eigenvalue weighted by molar-refractivity contribution is 7.90. The van der Waals surface area contributed by atoms with E-state index in [4.69, 9.17) is 0 Å². The van der Waals surface area contributed by atoms with Gasteiger partial charge in [0.1, 0.15) is 12.0 Å². The summed E-state index contributed by atoms with van der Waals surface area (Å²) >= 11 is 0. The lowest BCUT2D eigenvalue weighted by Gasteiger charge is -2.31. The van der Waals surface area contributed by atoms with Crippen molar-refractivity contribution >= 4 is 16.0 Å². The van der Waals surface area contributed by atoms with E-state index in [1.807, 2.05) is 0 Å². The van der Waals surface area contributed by atoms with E-state index in [1.165, 1.54) is 26.8 Å². The minimum absolute atomic E-state index is 0.0390. The molecule has 1 saturated heterocycles. The van der Waals surface area contributed by atoms with Crippen LogP contribution in [0.4, 0.5) is 8.78 Å². The van der Waals surface area contributed by atoms with Crippen LogP contribution in [0, 0.1) is 5.82 Å². The van der Waals surface area contributed by atoms with Gasteiger partial charge in [-0.05, 0) is 44.5 Å². The molecule has 24 heavy (non-hydrogen) atoms. The summed E-state index contributed by atoms with van der Waals surface area (Å²) in [5.74, 6) is -1.45. The fourth-order valence-corrected chi connectivity index (χ4v) is 4.32. The summed E-state index contributed by atoms with van der Waals surface area (Å²) in [6.45, 7) is 4.29. The molecular formula is C16H21F2NO4S. The molecule has 0 saturated carbocycles. The summed E-state index contributed by atoms with van der Waals surface area (Å²) in [5.41, 5.74) is 0.200. The Hall–Kier alpha value is -1.54. The highest BCUT2D eigenvalue weighted by Gasteiger charge is 2.45. The smallest absolute Gasteiger partial charge is 0.337 e. The molecule has 0 N–H and O–H groups in total. The van der Waals surface area contributed by atoms with Crippen LogP contribution in [0.3, 0.4) is 0 Å². The molecule has 1 aromatic rings. The molecule has 8 heteroatoms.